The van der Waals surface area contributed by atoms with E-state index >= 15 is 0 Å². The van der Waals surface area contributed by atoms with Crippen molar-refractivity contribution in [1.82, 2.24) is 10.2 Å². The SMILES string of the molecule is CCOCCN(C)CCNC(C)C1CCCO1. The van der Waals surface area contributed by atoms with Crippen molar-refractivity contribution in [3.05, 3.63) is 0 Å². The summed E-state index contributed by atoms with van der Waals surface area (Å²) in [5, 5.41) is 3.54. The summed E-state index contributed by atoms with van der Waals surface area (Å²) in [5.74, 6) is 0. The van der Waals surface area contributed by atoms with E-state index in [1.165, 1.54) is 12.8 Å². The molecule has 0 spiro atoms. The van der Waals surface area contributed by atoms with Gasteiger partial charge in [-0.3, -0.25) is 0 Å². The first-order valence-electron chi connectivity index (χ1n) is 6.85. The molecule has 0 saturated carbocycles. The first-order valence-corrected chi connectivity index (χ1v) is 6.85. The maximum atomic E-state index is 5.66. The fraction of sp³-hybridized carbons (Fsp3) is 1.00. The van der Waals surface area contributed by atoms with E-state index in [4.69, 9.17) is 9.47 Å². The average molecular weight is 244 g/mol. The van der Waals surface area contributed by atoms with Crippen LogP contribution in [-0.4, -0.2) is 63.5 Å². The van der Waals surface area contributed by atoms with Gasteiger partial charge in [0.05, 0.1) is 12.7 Å². The summed E-state index contributed by atoms with van der Waals surface area (Å²) < 4.78 is 11.0. The van der Waals surface area contributed by atoms with E-state index in [-0.39, 0.29) is 0 Å². The minimum atomic E-state index is 0.420. The number of hydrogen-bond acceptors (Lipinski definition) is 4. The van der Waals surface area contributed by atoms with Crippen LogP contribution in [0, 0.1) is 0 Å². The fourth-order valence-corrected chi connectivity index (χ4v) is 2.09. The molecular formula is C13H28N2O2. The monoisotopic (exact) mass is 244 g/mol. The average Bonchev–Trinajstić information content (AvgIpc) is 2.82. The maximum absolute atomic E-state index is 5.66. The molecule has 0 radical (unpaired) electrons. The molecule has 1 heterocycles. The Morgan fingerprint density at radius 2 is 2.29 bits per heavy atom. The molecule has 1 N–H and O–H groups in total. The van der Waals surface area contributed by atoms with Gasteiger partial charge in [0.25, 0.3) is 0 Å². The fourth-order valence-electron chi connectivity index (χ4n) is 2.09. The summed E-state index contributed by atoms with van der Waals surface area (Å²) >= 11 is 0. The van der Waals surface area contributed by atoms with Crippen molar-refractivity contribution in [1.29, 1.82) is 0 Å². The van der Waals surface area contributed by atoms with E-state index < -0.39 is 0 Å². The zero-order valence-electron chi connectivity index (χ0n) is 11.6. The predicted octanol–water partition coefficient (Wildman–Crippen LogP) is 1.11. The number of likely N-dealkylation sites (N-methyl/N-ethyl adjacent to an activating group) is 1. The summed E-state index contributed by atoms with van der Waals surface area (Å²) in [7, 11) is 2.14. The van der Waals surface area contributed by atoms with Crippen molar-refractivity contribution in [3.63, 3.8) is 0 Å². The number of ether oxygens (including phenoxy) is 2. The molecule has 1 rings (SSSR count). The largest absolute Gasteiger partial charge is 0.380 e. The highest BCUT2D eigenvalue weighted by molar-refractivity contribution is 4.76. The highest BCUT2D eigenvalue weighted by Crippen LogP contribution is 2.14. The molecule has 0 bridgehead atoms. The number of nitrogens with zero attached hydrogens (tertiary/aromatic N) is 1. The van der Waals surface area contributed by atoms with Crippen LogP contribution in [0.2, 0.25) is 0 Å². The Bertz CT molecular complexity index is 184. The Hall–Kier alpha value is -0.160. The predicted molar refractivity (Wildman–Crippen MR) is 70.4 cm³/mol. The van der Waals surface area contributed by atoms with Crippen LogP contribution in [0.1, 0.15) is 26.7 Å². The molecule has 0 aromatic heterocycles. The van der Waals surface area contributed by atoms with Crippen molar-refractivity contribution >= 4 is 0 Å². The van der Waals surface area contributed by atoms with E-state index in [0.29, 0.717) is 12.1 Å². The molecule has 0 amide bonds. The Morgan fingerprint density at radius 1 is 1.47 bits per heavy atom. The zero-order chi connectivity index (χ0) is 12.5. The van der Waals surface area contributed by atoms with Crippen LogP contribution in [0.4, 0.5) is 0 Å². The molecule has 0 aromatic rings. The van der Waals surface area contributed by atoms with Gasteiger partial charge in [0.2, 0.25) is 0 Å². The van der Waals surface area contributed by atoms with Crippen molar-refractivity contribution in [3.8, 4) is 0 Å². The van der Waals surface area contributed by atoms with E-state index in [2.05, 4.69) is 24.2 Å². The van der Waals surface area contributed by atoms with Crippen LogP contribution in [0.25, 0.3) is 0 Å². The third-order valence-corrected chi connectivity index (χ3v) is 3.30. The van der Waals surface area contributed by atoms with Gasteiger partial charge in [-0.2, -0.15) is 0 Å². The lowest BCUT2D eigenvalue weighted by Crippen LogP contribution is -2.41. The molecule has 1 aliphatic heterocycles. The molecule has 2 atom stereocenters. The summed E-state index contributed by atoms with van der Waals surface area (Å²) in [6.45, 7) is 9.90. The quantitative estimate of drug-likeness (QED) is 0.616. The normalized spacial score (nSPS) is 22.2. The second-order valence-corrected chi connectivity index (χ2v) is 4.79. The van der Waals surface area contributed by atoms with Crippen LogP contribution >= 0.6 is 0 Å². The second kappa shape index (κ2) is 8.86. The van der Waals surface area contributed by atoms with E-state index in [9.17, 15) is 0 Å². The van der Waals surface area contributed by atoms with E-state index in [0.717, 1.165) is 39.5 Å². The van der Waals surface area contributed by atoms with Crippen molar-refractivity contribution in [2.75, 3.05) is 46.5 Å². The van der Waals surface area contributed by atoms with Crippen LogP contribution in [0.3, 0.4) is 0 Å². The van der Waals surface area contributed by atoms with E-state index in [1.54, 1.807) is 0 Å². The Balaban J connectivity index is 1.98. The van der Waals surface area contributed by atoms with Crippen LogP contribution in [0.15, 0.2) is 0 Å². The highest BCUT2D eigenvalue weighted by Gasteiger charge is 2.21. The van der Waals surface area contributed by atoms with Gasteiger partial charge in [0, 0.05) is 38.9 Å². The Kier molecular flexibility index (Phi) is 7.77. The number of rotatable bonds is 9. The van der Waals surface area contributed by atoms with Gasteiger partial charge in [-0.05, 0) is 33.7 Å². The molecule has 17 heavy (non-hydrogen) atoms. The van der Waals surface area contributed by atoms with Gasteiger partial charge in [-0.15, -0.1) is 0 Å². The molecule has 0 aliphatic carbocycles. The first kappa shape index (κ1) is 14.9. The van der Waals surface area contributed by atoms with Crippen LogP contribution in [-0.2, 0) is 9.47 Å². The topological polar surface area (TPSA) is 33.7 Å². The molecule has 0 aromatic carbocycles. The molecule has 4 nitrogen and oxygen atoms in total. The van der Waals surface area contributed by atoms with Gasteiger partial charge in [-0.1, -0.05) is 0 Å². The molecule has 4 heteroatoms. The maximum Gasteiger partial charge on any atom is 0.0726 e. The smallest absolute Gasteiger partial charge is 0.0726 e. The van der Waals surface area contributed by atoms with Crippen LogP contribution < -0.4 is 5.32 Å². The molecule has 102 valence electrons. The van der Waals surface area contributed by atoms with Crippen LogP contribution in [0.5, 0.6) is 0 Å². The second-order valence-electron chi connectivity index (χ2n) is 4.79. The van der Waals surface area contributed by atoms with Gasteiger partial charge >= 0.3 is 0 Å². The van der Waals surface area contributed by atoms with Gasteiger partial charge in [0.15, 0.2) is 0 Å². The number of hydrogen-bond donors (Lipinski definition) is 1. The lowest BCUT2D eigenvalue weighted by molar-refractivity contribution is 0.0819. The van der Waals surface area contributed by atoms with E-state index in [1.807, 2.05) is 6.92 Å². The van der Waals surface area contributed by atoms with Crippen molar-refractivity contribution in [2.45, 2.75) is 38.8 Å². The molecule has 2 unspecified atom stereocenters. The minimum absolute atomic E-state index is 0.420. The summed E-state index contributed by atoms with van der Waals surface area (Å²) in [5.41, 5.74) is 0. The lowest BCUT2D eigenvalue weighted by Gasteiger charge is -2.22. The molecular weight excluding hydrogens is 216 g/mol. The van der Waals surface area contributed by atoms with Gasteiger partial charge < -0.3 is 19.7 Å². The number of nitrogens with one attached hydrogen (secondary N) is 1. The first-order chi connectivity index (χ1) is 8.24. The van der Waals surface area contributed by atoms with Gasteiger partial charge in [-0.25, -0.2) is 0 Å². The third-order valence-electron chi connectivity index (χ3n) is 3.30. The third kappa shape index (κ3) is 6.36. The Morgan fingerprint density at radius 3 is 2.94 bits per heavy atom. The van der Waals surface area contributed by atoms with Gasteiger partial charge in [0.1, 0.15) is 0 Å². The van der Waals surface area contributed by atoms with Crippen molar-refractivity contribution < 1.29 is 9.47 Å². The Labute approximate surface area is 106 Å². The minimum Gasteiger partial charge on any atom is -0.380 e. The summed E-state index contributed by atoms with van der Waals surface area (Å²) in [6, 6.07) is 0.470. The zero-order valence-corrected chi connectivity index (χ0v) is 11.6. The van der Waals surface area contributed by atoms with Crippen molar-refractivity contribution in [2.24, 2.45) is 0 Å². The summed E-state index contributed by atoms with van der Waals surface area (Å²) in [6.07, 6.45) is 2.84. The lowest BCUT2D eigenvalue weighted by atomic mass is 10.1. The molecule has 1 saturated heterocycles. The summed E-state index contributed by atoms with van der Waals surface area (Å²) in [4.78, 5) is 2.30. The molecule has 1 aliphatic rings. The highest BCUT2D eigenvalue weighted by atomic mass is 16.5. The standard InChI is InChI=1S/C13H28N2O2/c1-4-16-11-9-15(3)8-7-14-12(2)13-6-5-10-17-13/h12-14H,4-11H2,1-3H3. The molecule has 1 fully saturated rings.